The Bertz CT molecular complexity index is 486. The van der Waals surface area contributed by atoms with Gasteiger partial charge in [-0.25, -0.2) is 0 Å². The molecule has 0 spiro atoms. The maximum Gasteiger partial charge on any atom is 0.252 e. The second kappa shape index (κ2) is 9.13. The Hall–Kier alpha value is -1.83. The van der Waals surface area contributed by atoms with Gasteiger partial charge in [0.2, 0.25) is 0 Å². The molecule has 1 rings (SSSR count). The first kappa shape index (κ1) is 16.2. The van der Waals surface area contributed by atoms with Crippen molar-refractivity contribution in [3.63, 3.8) is 0 Å². The Kier molecular flexibility index (Phi) is 7.41. The van der Waals surface area contributed by atoms with Gasteiger partial charge < -0.3 is 16.0 Å². The van der Waals surface area contributed by atoms with Crippen LogP contribution in [0.1, 0.15) is 28.8 Å². The predicted octanol–water partition coefficient (Wildman–Crippen LogP) is 1.07. The van der Waals surface area contributed by atoms with Gasteiger partial charge in [-0.3, -0.25) is 4.79 Å². The minimum atomic E-state index is -0.0724. The van der Waals surface area contributed by atoms with E-state index in [1.165, 1.54) is 0 Å². The molecule has 0 aliphatic rings. The van der Waals surface area contributed by atoms with Gasteiger partial charge in [-0.15, -0.1) is 0 Å². The van der Waals surface area contributed by atoms with Crippen LogP contribution in [-0.2, 0) is 0 Å². The predicted molar refractivity (Wildman–Crippen MR) is 82.5 cm³/mol. The van der Waals surface area contributed by atoms with Crippen LogP contribution in [0.25, 0.3) is 0 Å². The summed E-state index contributed by atoms with van der Waals surface area (Å²) in [5, 5.41) is 2.93. The van der Waals surface area contributed by atoms with E-state index in [9.17, 15) is 4.79 Å². The molecule has 0 aromatic heterocycles. The first-order valence-corrected chi connectivity index (χ1v) is 6.86. The Morgan fingerprint density at radius 1 is 1.30 bits per heavy atom. The molecule has 1 aromatic carbocycles. The molecule has 0 saturated carbocycles. The normalized spacial score (nSPS) is 10.0. The summed E-state index contributed by atoms with van der Waals surface area (Å²) in [7, 11) is 4.09. The number of nitrogens with zero attached hydrogens (tertiary/aromatic N) is 1. The molecule has 3 N–H and O–H groups in total. The van der Waals surface area contributed by atoms with E-state index < -0.39 is 0 Å². The van der Waals surface area contributed by atoms with E-state index >= 15 is 0 Å². The van der Waals surface area contributed by atoms with Gasteiger partial charge in [-0.05, 0) is 45.6 Å². The minimum Gasteiger partial charge on any atom is -0.352 e. The number of carbonyl (C=O) groups is 1. The van der Waals surface area contributed by atoms with Gasteiger partial charge in [-0.2, -0.15) is 0 Å². The molecule has 0 atom stereocenters. The maximum absolute atomic E-state index is 12.1. The van der Waals surface area contributed by atoms with Crippen molar-refractivity contribution >= 4 is 5.91 Å². The zero-order valence-corrected chi connectivity index (χ0v) is 12.3. The second-order valence-corrected chi connectivity index (χ2v) is 4.82. The van der Waals surface area contributed by atoms with Crippen molar-refractivity contribution in [2.24, 2.45) is 5.73 Å². The van der Waals surface area contributed by atoms with Gasteiger partial charge in [0.05, 0.1) is 12.1 Å². The van der Waals surface area contributed by atoms with Crippen molar-refractivity contribution in [3.05, 3.63) is 35.4 Å². The number of amides is 1. The first-order chi connectivity index (χ1) is 9.65. The fraction of sp³-hybridized carbons (Fsp3) is 0.438. The quantitative estimate of drug-likeness (QED) is 0.602. The number of nitrogens with one attached hydrogen (secondary N) is 1. The monoisotopic (exact) mass is 273 g/mol. The summed E-state index contributed by atoms with van der Waals surface area (Å²) in [5.41, 5.74) is 6.70. The average molecular weight is 273 g/mol. The molecule has 1 aromatic rings. The van der Waals surface area contributed by atoms with Crippen LogP contribution in [0.5, 0.6) is 0 Å². The van der Waals surface area contributed by atoms with Crippen LogP contribution < -0.4 is 11.1 Å². The Labute approximate surface area is 121 Å². The number of unbranched alkanes of at least 4 members (excludes halogenated alkanes) is 1. The van der Waals surface area contributed by atoms with Crippen molar-refractivity contribution in [2.75, 3.05) is 33.7 Å². The Morgan fingerprint density at radius 3 is 2.75 bits per heavy atom. The van der Waals surface area contributed by atoms with Gasteiger partial charge in [0, 0.05) is 12.1 Å². The standard InChI is InChI=1S/C16H23N3O/c1-19(2)13-6-5-12-18-16(20)15-10-4-3-8-14(15)9-7-11-17/h3-4,8,10H,5-6,11-13,17H2,1-2H3,(H,18,20). The van der Waals surface area contributed by atoms with E-state index in [2.05, 4.69) is 22.1 Å². The molecule has 4 nitrogen and oxygen atoms in total. The maximum atomic E-state index is 12.1. The van der Waals surface area contributed by atoms with Crippen molar-refractivity contribution in [1.82, 2.24) is 10.2 Å². The summed E-state index contributed by atoms with van der Waals surface area (Å²) in [6.07, 6.45) is 2.04. The lowest BCUT2D eigenvalue weighted by Gasteiger charge is -2.10. The van der Waals surface area contributed by atoms with Gasteiger partial charge in [-0.1, -0.05) is 24.0 Å². The van der Waals surface area contributed by atoms with E-state index in [0.717, 1.165) is 24.9 Å². The number of rotatable bonds is 6. The highest BCUT2D eigenvalue weighted by atomic mass is 16.1. The second-order valence-electron chi connectivity index (χ2n) is 4.82. The summed E-state index contributed by atoms with van der Waals surface area (Å²) >= 11 is 0. The SMILES string of the molecule is CN(C)CCCCNC(=O)c1ccccc1C#CCN. The summed E-state index contributed by atoms with van der Waals surface area (Å²) in [6.45, 7) is 2.01. The van der Waals surface area contributed by atoms with E-state index in [0.29, 0.717) is 18.7 Å². The molecule has 0 aliphatic heterocycles. The first-order valence-electron chi connectivity index (χ1n) is 6.86. The average Bonchev–Trinajstić information content (AvgIpc) is 2.44. The molecule has 4 heteroatoms. The molecule has 0 saturated heterocycles. The zero-order chi connectivity index (χ0) is 14.8. The largest absolute Gasteiger partial charge is 0.352 e. The third-order valence-electron chi connectivity index (χ3n) is 2.81. The fourth-order valence-electron chi connectivity index (χ4n) is 1.79. The van der Waals surface area contributed by atoms with Crippen molar-refractivity contribution in [1.29, 1.82) is 0 Å². The van der Waals surface area contributed by atoms with Gasteiger partial charge in [0.15, 0.2) is 0 Å². The number of nitrogens with two attached hydrogens (primary N) is 1. The summed E-state index contributed by atoms with van der Waals surface area (Å²) in [5.74, 6) is 5.64. The van der Waals surface area contributed by atoms with E-state index in [4.69, 9.17) is 5.73 Å². The van der Waals surface area contributed by atoms with Crippen LogP contribution in [0.4, 0.5) is 0 Å². The van der Waals surface area contributed by atoms with Crippen LogP contribution in [-0.4, -0.2) is 44.5 Å². The highest BCUT2D eigenvalue weighted by molar-refractivity contribution is 5.96. The molecule has 0 radical (unpaired) electrons. The lowest BCUT2D eigenvalue weighted by atomic mass is 10.1. The molecule has 20 heavy (non-hydrogen) atoms. The minimum absolute atomic E-state index is 0.0724. The molecular formula is C16H23N3O. The van der Waals surface area contributed by atoms with Crippen LogP contribution >= 0.6 is 0 Å². The summed E-state index contributed by atoms with van der Waals surface area (Å²) in [6, 6.07) is 7.34. The fourth-order valence-corrected chi connectivity index (χ4v) is 1.79. The van der Waals surface area contributed by atoms with Gasteiger partial charge in [0.1, 0.15) is 0 Å². The molecule has 108 valence electrons. The number of hydrogen-bond donors (Lipinski definition) is 2. The van der Waals surface area contributed by atoms with Crippen molar-refractivity contribution in [2.45, 2.75) is 12.8 Å². The van der Waals surface area contributed by atoms with Crippen LogP contribution in [0.15, 0.2) is 24.3 Å². The smallest absolute Gasteiger partial charge is 0.252 e. The molecule has 1 amide bonds. The Balaban J connectivity index is 2.51. The molecule has 0 aliphatic carbocycles. The summed E-state index contributed by atoms with van der Waals surface area (Å²) in [4.78, 5) is 14.2. The number of carbonyl (C=O) groups excluding carboxylic acids is 1. The zero-order valence-electron chi connectivity index (χ0n) is 12.3. The third-order valence-corrected chi connectivity index (χ3v) is 2.81. The lowest BCUT2D eigenvalue weighted by molar-refractivity contribution is 0.0952. The van der Waals surface area contributed by atoms with E-state index in [-0.39, 0.29) is 5.91 Å². The summed E-state index contributed by atoms with van der Waals surface area (Å²) < 4.78 is 0. The highest BCUT2D eigenvalue weighted by Gasteiger charge is 2.08. The number of hydrogen-bond acceptors (Lipinski definition) is 3. The Morgan fingerprint density at radius 2 is 2.05 bits per heavy atom. The molecular weight excluding hydrogens is 250 g/mol. The highest BCUT2D eigenvalue weighted by Crippen LogP contribution is 2.07. The topological polar surface area (TPSA) is 58.4 Å². The molecule has 0 unspecified atom stereocenters. The van der Waals surface area contributed by atoms with E-state index in [1.807, 2.05) is 32.3 Å². The van der Waals surface area contributed by atoms with Gasteiger partial charge in [0.25, 0.3) is 5.91 Å². The van der Waals surface area contributed by atoms with Crippen LogP contribution in [0, 0.1) is 11.8 Å². The van der Waals surface area contributed by atoms with Crippen molar-refractivity contribution in [3.8, 4) is 11.8 Å². The lowest BCUT2D eigenvalue weighted by Crippen LogP contribution is -2.26. The number of benzene rings is 1. The molecule has 0 heterocycles. The van der Waals surface area contributed by atoms with Gasteiger partial charge >= 0.3 is 0 Å². The van der Waals surface area contributed by atoms with Crippen molar-refractivity contribution < 1.29 is 4.79 Å². The van der Waals surface area contributed by atoms with E-state index in [1.54, 1.807) is 6.07 Å². The van der Waals surface area contributed by atoms with Crippen LogP contribution in [0.2, 0.25) is 0 Å². The molecule has 0 bridgehead atoms. The van der Waals surface area contributed by atoms with Crippen LogP contribution in [0.3, 0.4) is 0 Å². The molecule has 0 fully saturated rings. The third kappa shape index (κ3) is 5.87.